The molecule has 0 unspecified atom stereocenters. The van der Waals surface area contributed by atoms with Gasteiger partial charge in [-0.2, -0.15) is 0 Å². The zero-order valence-corrected chi connectivity index (χ0v) is 23.4. The van der Waals surface area contributed by atoms with Gasteiger partial charge in [-0.3, -0.25) is 14.6 Å². The summed E-state index contributed by atoms with van der Waals surface area (Å²) >= 11 is 0. The first-order chi connectivity index (χ1) is 19.6. The predicted molar refractivity (Wildman–Crippen MR) is 155 cm³/mol. The Balaban J connectivity index is 1.03. The average Bonchev–Trinajstić information content (AvgIpc) is 3.75. The van der Waals surface area contributed by atoms with Gasteiger partial charge in [0.2, 0.25) is 0 Å². The van der Waals surface area contributed by atoms with E-state index in [1.165, 1.54) is 24.0 Å². The number of hydrogen-bond donors (Lipinski definition) is 2. The number of nitrogens with zero attached hydrogens (tertiary/aromatic N) is 5. The third kappa shape index (κ3) is 6.18. The number of piperidine rings is 1. The van der Waals surface area contributed by atoms with Gasteiger partial charge in [0.25, 0.3) is 5.91 Å². The van der Waals surface area contributed by atoms with E-state index >= 15 is 0 Å². The first-order valence-electron chi connectivity index (χ1n) is 14.4. The van der Waals surface area contributed by atoms with E-state index in [1.54, 1.807) is 12.4 Å². The fourth-order valence-corrected chi connectivity index (χ4v) is 6.28. The highest BCUT2D eigenvalue weighted by Crippen LogP contribution is 2.41. The normalized spacial score (nSPS) is 17.2. The Morgan fingerprint density at radius 1 is 0.875 bits per heavy atom. The number of H-pyrrole nitrogens is 2. The lowest BCUT2D eigenvalue weighted by atomic mass is 9.77. The molecule has 0 atom stereocenters. The third-order valence-corrected chi connectivity index (χ3v) is 8.76. The summed E-state index contributed by atoms with van der Waals surface area (Å²) in [6, 6.07) is 16.8. The van der Waals surface area contributed by atoms with E-state index < -0.39 is 0 Å². The third-order valence-electron chi connectivity index (χ3n) is 8.76. The molecule has 2 aliphatic heterocycles. The smallest absolute Gasteiger partial charge is 0.253 e. The molecule has 8 nitrogen and oxygen atoms in total. The summed E-state index contributed by atoms with van der Waals surface area (Å²) in [5.74, 6) is 2.00. The van der Waals surface area contributed by atoms with Crippen LogP contribution in [0.25, 0.3) is 0 Å². The summed E-state index contributed by atoms with van der Waals surface area (Å²) in [5, 5.41) is 0. The number of aromatic nitrogens is 4. The van der Waals surface area contributed by atoms with Crippen LogP contribution < -0.4 is 0 Å². The molecule has 8 heteroatoms. The molecule has 2 fully saturated rings. The van der Waals surface area contributed by atoms with Crippen molar-refractivity contribution in [3.63, 3.8) is 0 Å². The number of aromatic amines is 2. The minimum Gasteiger partial charge on any atom is -0.348 e. The second kappa shape index (κ2) is 11.8. The van der Waals surface area contributed by atoms with Gasteiger partial charge in [-0.25, -0.2) is 9.97 Å². The molecule has 0 bridgehead atoms. The van der Waals surface area contributed by atoms with Crippen LogP contribution in [0.2, 0.25) is 0 Å². The lowest BCUT2D eigenvalue weighted by Crippen LogP contribution is -2.42. The van der Waals surface area contributed by atoms with Crippen LogP contribution in [-0.4, -0.2) is 66.7 Å². The number of likely N-dealkylation sites (tertiary alicyclic amines) is 2. The summed E-state index contributed by atoms with van der Waals surface area (Å²) in [6.07, 6.45) is 10.7. The van der Waals surface area contributed by atoms with E-state index in [-0.39, 0.29) is 11.3 Å². The fraction of sp³-hybridized carbons (Fsp3) is 0.406. The van der Waals surface area contributed by atoms with Crippen LogP contribution in [0.15, 0.2) is 73.3 Å². The van der Waals surface area contributed by atoms with Crippen molar-refractivity contribution in [2.45, 2.75) is 52.4 Å². The number of benzene rings is 2. The zero-order valence-electron chi connectivity index (χ0n) is 23.4. The summed E-state index contributed by atoms with van der Waals surface area (Å²) < 4.78 is 0. The van der Waals surface area contributed by atoms with Gasteiger partial charge < -0.3 is 14.9 Å². The molecular weight excluding hydrogens is 498 g/mol. The van der Waals surface area contributed by atoms with Crippen LogP contribution in [0.5, 0.6) is 0 Å². The van der Waals surface area contributed by atoms with E-state index in [0.717, 1.165) is 68.5 Å². The molecule has 2 aromatic carbocycles. The molecule has 0 aliphatic carbocycles. The van der Waals surface area contributed by atoms with Crippen LogP contribution in [0.4, 0.5) is 0 Å². The van der Waals surface area contributed by atoms with Crippen molar-refractivity contribution in [2.75, 3.05) is 26.2 Å². The van der Waals surface area contributed by atoms with E-state index in [0.29, 0.717) is 13.1 Å². The van der Waals surface area contributed by atoms with Gasteiger partial charge in [-0.1, -0.05) is 36.4 Å². The Hall–Kier alpha value is -3.75. The number of aryl methyl sites for hydroxylation is 1. The molecule has 2 N–H and O–H groups in total. The van der Waals surface area contributed by atoms with Gasteiger partial charge in [-0.15, -0.1) is 0 Å². The van der Waals surface area contributed by atoms with Crippen LogP contribution in [0, 0.1) is 12.3 Å². The maximum Gasteiger partial charge on any atom is 0.253 e. The van der Waals surface area contributed by atoms with Gasteiger partial charge >= 0.3 is 0 Å². The number of carbonyl (C=O) groups excluding carboxylic acids is 1. The van der Waals surface area contributed by atoms with Crippen LogP contribution >= 0.6 is 0 Å². The lowest BCUT2D eigenvalue weighted by molar-refractivity contribution is 0.0713. The SMILES string of the molecule is Cc1ccccc1CN1CCC2(CC1)CCN(C(=O)c1ccc(CN(Cc3ncc[nH]3)Cc3ncc[nH]3)cc1)C2. The molecule has 4 heterocycles. The molecular formula is C32H39N7O. The number of rotatable bonds is 9. The average molecular weight is 538 g/mol. The summed E-state index contributed by atoms with van der Waals surface area (Å²) in [4.78, 5) is 35.6. The Morgan fingerprint density at radius 2 is 1.52 bits per heavy atom. The van der Waals surface area contributed by atoms with Crippen molar-refractivity contribution in [3.8, 4) is 0 Å². The minimum absolute atomic E-state index is 0.161. The Morgan fingerprint density at radius 3 is 2.15 bits per heavy atom. The highest BCUT2D eigenvalue weighted by Gasteiger charge is 2.42. The van der Waals surface area contributed by atoms with Crippen molar-refractivity contribution in [1.82, 2.24) is 34.6 Å². The summed E-state index contributed by atoms with van der Waals surface area (Å²) in [6.45, 7) is 9.30. The van der Waals surface area contributed by atoms with Crippen molar-refractivity contribution in [1.29, 1.82) is 0 Å². The second-order valence-electron chi connectivity index (χ2n) is 11.6. The van der Waals surface area contributed by atoms with Crippen molar-refractivity contribution in [2.24, 2.45) is 5.41 Å². The minimum atomic E-state index is 0.161. The van der Waals surface area contributed by atoms with Gasteiger partial charge in [0.15, 0.2) is 0 Å². The molecule has 40 heavy (non-hydrogen) atoms. The molecule has 2 aromatic heterocycles. The lowest BCUT2D eigenvalue weighted by Gasteiger charge is -2.39. The van der Waals surface area contributed by atoms with Crippen molar-refractivity contribution < 1.29 is 4.79 Å². The molecule has 0 radical (unpaired) electrons. The zero-order chi connectivity index (χ0) is 27.4. The Kier molecular flexibility index (Phi) is 7.80. The number of amides is 1. The quantitative estimate of drug-likeness (QED) is 0.321. The fourth-order valence-electron chi connectivity index (χ4n) is 6.28. The van der Waals surface area contributed by atoms with E-state index in [9.17, 15) is 4.79 Å². The second-order valence-corrected chi connectivity index (χ2v) is 11.6. The van der Waals surface area contributed by atoms with Crippen LogP contribution in [0.1, 0.15) is 58.0 Å². The van der Waals surface area contributed by atoms with Gasteiger partial charge in [0.05, 0.1) is 13.1 Å². The van der Waals surface area contributed by atoms with E-state index in [4.69, 9.17) is 0 Å². The van der Waals surface area contributed by atoms with Gasteiger partial charge in [-0.05, 0) is 73.5 Å². The molecule has 4 aromatic rings. The molecule has 6 rings (SSSR count). The number of hydrogen-bond acceptors (Lipinski definition) is 5. The topological polar surface area (TPSA) is 84.2 Å². The van der Waals surface area contributed by atoms with Crippen LogP contribution in [-0.2, 0) is 26.2 Å². The van der Waals surface area contributed by atoms with Gasteiger partial charge in [0, 0.05) is 56.5 Å². The molecule has 1 spiro atoms. The van der Waals surface area contributed by atoms with Crippen molar-refractivity contribution >= 4 is 5.91 Å². The molecule has 2 aliphatic rings. The monoisotopic (exact) mass is 537 g/mol. The van der Waals surface area contributed by atoms with E-state index in [1.807, 2.05) is 24.5 Å². The van der Waals surface area contributed by atoms with Crippen molar-refractivity contribution in [3.05, 3.63) is 107 Å². The molecule has 1 amide bonds. The van der Waals surface area contributed by atoms with Gasteiger partial charge in [0.1, 0.15) is 11.6 Å². The predicted octanol–water partition coefficient (Wildman–Crippen LogP) is 4.77. The van der Waals surface area contributed by atoms with Crippen LogP contribution in [0.3, 0.4) is 0 Å². The maximum absolute atomic E-state index is 13.5. The molecule has 208 valence electrons. The molecule has 0 saturated carbocycles. The summed E-state index contributed by atoms with van der Waals surface area (Å²) in [5.41, 5.74) is 5.01. The Bertz CT molecular complexity index is 1340. The largest absolute Gasteiger partial charge is 0.348 e. The standard InChI is InChI=1S/C32H39N7O/c1-25-4-2-3-5-28(25)21-37-17-10-32(11-18-37)12-19-39(24-32)31(40)27-8-6-26(7-9-27)20-38(22-29-33-13-14-34-29)23-30-35-15-16-36-30/h2-9,13-16H,10-12,17-24H2,1H3,(H,33,34)(H,35,36). The Labute approximate surface area is 236 Å². The maximum atomic E-state index is 13.5. The number of nitrogens with one attached hydrogen (secondary N) is 2. The first kappa shape index (κ1) is 26.5. The summed E-state index contributed by atoms with van der Waals surface area (Å²) in [7, 11) is 0. The highest BCUT2D eigenvalue weighted by molar-refractivity contribution is 5.94. The van der Waals surface area contributed by atoms with E-state index in [2.05, 4.69) is 78.0 Å². The number of imidazole rings is 2. The number of carbonyl (C=O) groups is 1. The highest BCUT2D eigenvalue weighted by atomic mass is 16.2. The molecule has 2 saturated heterocycles. The first-order valence-corrected chi connectivity index (χ1v) is 14.4.